The number of aliphatic hydroxyl groups is 1. The minimum atomic E-state index is -0.892. The SMILES string of the molecule is COc1ccc(NC(=O)NCC2OC3CC(CC(=O)NCc4nccn4C)OC3C2O)cc1. The highest BCUT2D eigenvalue weighted by molar-refractivity contribution is 5.89. The van der Waals surface area contributed by atoms with E-state index in [1.807, 2.05) is 17.8 Å². The average molecular weight is 460 g/mol. The van der Waals surface area contributed by atoms with E-state index in [2.05, 4.69) is 20.9 Å². The van der Waals surface area contributed by atoms with Crippen LogP contribution in [0.1, 0.15) is 18.7 Å². The molecule has 2 saturated heterocycles. The number of urea groups is 1. The number of benzene rings is 1. The van der Waals surface area contributed by atoms with Gasteiger partial charge in [-0.2, -0.15) is 0 Å². The molecule has 3 heterocycles. The molecule has 178 valence electrons. The summed E-state index contributed by atoms with van der Waals surface area (Å²) < 4.78 is 18.7. The van der Waals surface area contributed by atoms with Crippen molar-refractivity contribution in [3.8, 4) is 5.75 Å². The molecule has 0 spiro atoms. The zero-order chi connectivity index (χ0) is 23.4. The molecule has 0 radical (unpaired) electrons. The van der Waals surface area contributed by atoms with Crippen LogP contribution in [0, 0.1) is 0 Å². The van der Waals surface area contributed by atoms with E-state index in [4.69, 9.17) is 14.2 Å². The van der Waals surface area contributed by atoms with Gasteiger partial charge in [0.1, 0.15) is 29.9 Å². The highest BCUT2D eigenvalue weighted by Crippen LogP contribution is 2.35. The Hall–Kier alpha value is -3.15. The first-order valence-corrected chi connectivity index (χ1v) is 10.8. The molecule has 2 aromatic rings. The molecule has 0 saturated carbocycles. The van der Waals surface area contributed by atoms with E-state index in [1.165, 1.54) is 0 Å². The van der Waals surface area contributed by atoms with E-state index in [1.54, 1.807) is 37.6 Å². The van der Waals surface area contributed by atoms with Gasteiger partial charge < -0.3 is 39.8 Å². The molecular formula is C22H29N5O6. The van der Waals surface area contributed by atoms with E-state index in [-0.39, 0.29) is 31.1 Å². The smallest absolute Gasteiger partial charge is 0.319 e. The topological polar surface area (TPSA) is 136 Å². The minimum Gasteiger partial charge on any atom is -0.497 e. The maximum atomic E-state index is 12.2. The second-order valence-corrected chi connectivity index (χ2v) is 8.16. The number of amides is 3. The molecule has 0 bridgehead atoms. The number of aryl methyl sites for hydroxylation is 1. The highest BCUT2D eigenvalue weighted by atomic mass is 16.6. The fourth-order valence-corrected chi connectivity index (χ4v) is 4.08. The molecule has 2 aliphatic heterocycles. The quantitative estimate of drug-likeness (QED) is 0.452. The number of hydrogen-bond acceptors (Lipinski definition) is 7. The fraction of sp³-hybridized carbons (Fsp3) is 0.500. The Morgan fingerprint density at radius 1 is 1.24 bits per heavy atom. The lowest BCUT2D eigenvalue weighted by Crippen LogP contribution is -2.42. The van der Waals surface area contributed by atoms with Gasteiger partial charge in [0.05, 0.1) is 32.3 Å². The molecule has 5 atom stereocenters. The number of carbonyl (C=O) groups excluding carboxylic acids is 2. The second-order valence-electron chi connectivity index (χ2n) is 8.16. The van der Waals surface area contributed by atoms with Crippen molar-refractivity contribution in [3.05, 3.63) is 42.5 Å². The number of ether oxygens (including phenoxy) is 3. The molecule has 0 aliphatic carbocycles. The van der Waals surface area contributed by atoms with Gasteiger partial charge in [0, 0.05) is 38.1 Å². The molecule has 5 unspecified atom stereocenters. The third kappa shape index (κ3) is 5.62. The van der Waals surface area contributed by atoms with Crippen molar-refractivity contribution in [2.24, 2.45) is 7.05 Å². The number of nitrogens with one attached hydrogen (secondary N) is 3. The van der Waals surface area contributed by atoms with Crippen LogP contribution < -0.4 is 20.7 Å². The standard InChI is InChI=1S/C22H29N5O6/c1-27-8-7-23-18(27)12-24-19(28)10-15-9-16-21(32-15)20(29)17(33-16)11-25-22(30)26-13-3-5-14(31-2)6-4-13/h3-8,15-17,20-21,29H,9-12H2,1-2H3,(H,24,28)(H2,25,26,30). The van der Waals surface area contributed by atoms with Crippen molar-refractivity contribution in [2.75, 3.05) is 19.0 Å². The van der Waals surface area contributed by atoms with Gasteiger partial charge in [0.2, 0.25) is 5.91 Å². The first-order chi connectivity index (χ1) is 15.9. The maximum Gasteiger partial charge on any atom is 0.319 e. The molecule has 1 aromatic heterocycles. The van der Waals surface area contributed by atoms with Crippen LogP contribution in [0.3, 0.4) is 0 Å². The van der Waals surface area contributed by atoms with Gasteiger partial charge in [-0.25, -0.2) is 9.78 Å². The predicted octanol–water partition coefficient (Wildman–Crippen LogP) is 0.543. The molecule has 33 heavy (non-hydrogen) atoms. The van der Waals surface area contributed by atoms with Crippen LogP contribution in [0.2, 0.25) is 0 Å². The van der Waals surface area contributed by atoms with Gasteiger partial charge in [-0.1, -0.05) is 0 Å². The highest BCUT2D eigenvalue weighted by Gasteiger charge is 2.50. The Labute approximate surface area is 191 Å². The minimum absolute atomic E-state index is 0.133. The Morgan fingerprint density at radius 2 is 2.03 bits per heavy atom. The largest absolute Gasteiger partial charge is 0.497 e. The van der Waals surface area contributed by atoms with Crippen LogP contribution in [-0.4, -0.2) is 70.8 Å². The van der Waals surface area contributed by atoms with Crippen LogP contribution in [-0.2, 0) is 27.9 Å². The predicted molar refractivity (Wildman–Crippen MR) is 118 cm³/mol. The Morgan fingerprint density at radius 3 is 2.70 bits per heavy atom. The first-order valence-electron chi connectivity index (χ1n) is 10.8. The van der Waals surface area contributed by atoms with Crippen LogP contribution in [0.5, 0.6) is 5.75 Å². The fourth-order valence-electron chi connectivity index (χ4n) is 4.08. The lowest BCUT2D eigenvalue weighted by Gasteiger charge is -2.20. The number of aliphatic hydroxyl groups excluding tert-OH is 1. The number of fused-ring (bicyclic) bond motifs is 1. The monoisotopic (exact) mass is 459 g/mol. The summed E-state index contributed by atoms with van der Waals surface area (Å²) in [5.41, 5.74) is 0.616. The summed E-state index contributed by atoms with van der Waals surface area (Å²) in [7, 11) is 3.43. The zero-order valence-electron chi connectivity index (χ0n) is 18.6. The summed E-state index contributed by atoms with van der Waals surface area (Å²) in [6.07, 6.45) is 1.54. The number of imidazole rings is 1. The number of hydrogen-bond donors (Lipinski definition) is 4. The molecule has 2 aliphatic rings. The number of anilines is 1. The third-order valence-electron chi connectivity index (χ3n) is 5.87. The lowest BCUT2D eigenvalue weighted by molar-refractivity contribution is -0.125. The third-order valence-corrected chi connectivity index (χ3v) is 5.87. The van der Waals surface area contributed by atoms with Crippen molar-refractivity contribution >= 4 is 17.6 Å². The van der Waals surface area contributed by atoms with Gasteiger partial charge in [-0.3, -0.25) is 4.79 Å². The van der Waals surface area contributed by atoms with Gasteiger partial charge in [-0.15, -0.1) is 0 Å². The summed E-state index contributed by atoms with van der Waals surface area (Å²) in [6.45, 7) is 0.474. The number of methoxy groups -OCH3 is 1. The lowest BCUT2D eigenvalue weighted by atomic mass is 10.1. The van der Waals surface area contributed by atoms with E-state index < -0.39 is 24.3 Å². The van der Waals surface area contributed by atoms with Crippen LogP contribution >= 0.6 is 0 Å². The van der Waals surface area contributed by atoms with Crippen molar-refractivity contribution in [1.29, 1.82) is 0 Å². The summed E-state index contributed by atoms with van der Waals surface area (Å²) in [5, 5.41) is 18.8. The van der Waals surface area contributed by atoms with Crippen LogP contribution in [0.15, 0.2) is 36.7 Å². The van der Waals surface area contributed by atoms with Crippen LogP contribution in [0.25, 0.3) is 0 Å². The van der Waals surface area contributed by atoms with Crippen molar-refractivity contribution in [3.63, 3.8) is 0 Å². The molecule has 4 rings (SSSR count). The Balaban J connectivity index is 1.17. The van der Waals surface area contributed by atoms with Gasteiger partial charge in [-0.05, 0) is 24.3 Å². The molecule has 4 N–H and O–H groups in total. The molecule has 11 nitrogen and oxygen atoms in total. The number of carbonyl (C=O) groups is 2. The summed E-state index contributed by atoms with van der Waals surface area (Å²) >= 11 is 0. The molecule has 2 fully saturated rings. The number of rotatable bonds is 8. The van der Waals surface area contributed by atoms with Gasteiger partial charge >= 0.3 is 6.03 Å². The maximum absolute atomic E-state index is 12.2. The van der Waals surface area contributed by atoms with E-state index in [0.29, 0.717) is 24.4 Å². The van der Waals surface area contributed by atoms with Gasteiger partial charge in [0.15, 0.2) is 0 Å². The normalized spacial score (nSPS) is 26.0. The average Bonchev–Trinajstić information content (AvgIpc) is 3.47. The summed E-state index contributed by atoms with van der Waals surface area (Å²) in [4.78, 5) is 28.6. The number of nitrogens with zero attached hydrogens (tertiary/aromatic N) is 2. The number of aromatic nitrogens is 2. The van der Waals surface area contributed by atoms with E-state index >= 15 is 0 Å². The zero-order valence-corrected chi connectivity index (χ0v) is 18.6. The van der Waals surface area contributed by atoms with Crippen molar-refractivity contribution in [1.82, 2.24) is 20.2 Å². The van der Waals surface area contributed by atoms with Crippen molar-refractivity contribution < 1.29 is 28.9 Å². The van der Waals surface area contributed by atoms with Gasteiger partial charge in [0.25, 0.3) is 0 Å². The van der Waals surface area contributed by atoms with E-state index in [0.717, 1.165) is 5.82 Å². The van der Waals surface area contributed by atoms with Crippen molar-refractivity contribution in [2.45, 2.75) is 49.9 Å². The second kappa shape index (κ2) is 10.2. The van der Waals surface area contributed by atoms with Crippen LogP contribution in [0.4, 0.5) is 10.5 Å². The molecule has 3 amide bonds. The molecular weight excluding hydrogens is 430 g/mol. The summed E-state index contributed by atoms with van der Waals surface area (Å²) in [5.74, 6) is 1.31. The summed E-state index contributed by atoms with van der Waals surface area (Å²) in [6, 6.07) is 6.53. The Bertz CT molecular complexity index is 964. The molecule has 11 heteroatoms. The Kier molecular flexibility index (Phi) is 7.11. The van der Waals surface area contributed by atoms with E-state index in [9.17, 15) is 14.7 Å². The first kappa shape index (κ1) is 23.0. The molecule has 1 aromatic carbocycles.